The molecule has 80 valence electrons. The molecule has 0 spiro atoms. The summed E-state index contributed by atoms with van der Waals surface area (Å²) in [6, 6.07) is 5.60. The number of benzene rings is 1. The predicted molar refractivity (Wildman–Crippen MR) is 62.9 cm³/mol. The molecule has 4 heteroatoms. The normalized spacial score (nSPS) is 22.6. The van der Waals surface area contributed by atoms with Crippen molar-refractivity contribution in [1.82, 2.24) is 0 Å². The lowest BCUT2D eigenvalue weighted by Gasteiger charge is -2.28. The summed E-state index contributed by atoms with van der Waals surface area (Å²) in [5.41, 5.74) is 2.19. The van der Waals surface area contributed by atoms with Gasteiger partial charge in [0.15, 0.2) is 0 Å². The molecule has 1 aliphatic carbocycles. The van der Waals surface area contributed by atoms with E-state index < -0.39 is 0 Å². The second-order valence-electron chi connectivity index (χ2n) is 3.56. The van der Waals surface area contributed by atoms with Gasteiger partial charge in [0, 0.05) is 16.0 Å². The summed E-state index contributed by atoms with van der Waals surface area (Å²) in [5.74, 6) is 0.321. The van der Waals surface area contributed by atoms with Crippen LogP contribution in [0.2, 0.25) is 10.0 Å². The Hall–Kier alpha value is -0.730. The maximum atomic E-state index is 5.94. The fraction of sp³-hybridized carbons (Fsp3) is 0.364. The summed E-state index contributed by atoms with van der Waals surface area (Å²) in [6.45, 7) is 0. The van der Waals surface area contributed by atoms with Crippen LogP contribution in [0.15, 0.2) is 23.4 Å². The van der Waals surface area contributed by atoms with Crippen LogP contribution in [-0.2, 0) is 4.84 Å². The van der Waals surface area contributed by atoms with Crippen molar-refractivity contribution >= 4 is 28.9 Å². The first kappa shape index (κ1) is 10.8. The summed E-state index contributed by atoms with van der Waals surface area (Å²) in [7, 11) is 1.56. The van der Waals surface area contributed by atoms with Crippen molar-refractivity contribution in [3.8, 4) is 0 Å². The van der Waals surface area contributed by atoms with Gasteiger partial charge in [-0.05, 0) is 36.6 Å². The van der Waals surface area contributed by atoms with Crippen LogP contribution < -0.4 is 0 Å². The Morgan fingerprint density at radius 3 is 2.40 bits per heavy atom. The van der Waals surface area contributed by atoms with Crippen LogP contribution in [0.1, 0.15) is 24.3 Å². The van der Waals surface area contributed by atoms with E-state index in [2.05, 4.69) is 5.16 Å². The second-order valence-corrected chi connectivity index (χ2v) is 4.43. The zero-order chi connectivity index (χ0) is 10.8. The van der Waals surface area contributed by atoms with Crippen LogP contribution in [0, 0.1) is 0 Å². The third-order valence-corrected chi connectivity index (χ3v) is 3.02. The Balaban J connectivity index is 2.26. The highest BCUT2D eigenvalue weighted by Crippen LogP contribution is 2.36. The fourth-order valence-electron chi connectivity index (χ4n) is 1.78. The lowest BCUT2D eigenvalue weighted by molar-refractivity contribution is 0.208. The van der Waals surface area contributed by atoms with Gasteiger partial charge in [0.25, 0.3) is 0 Å². The van der Waals surface area contributed by atoms with E-state index in [0.29, 0.717) is 16.0 Å². The molecule has 1 aliphatic rings. The average molecular weight is 244 g/mol. The highest BCUT2D eigenvalue weighted by Gasteiger charge is 2.28. The monoisotopic (exact) mass is 243 g/mol. The highest BCUT2D eigenvalue weighted by atomic mass is 35.5. The van der Waals surface area contributed by atoms with E-state index in [0.717, 1.165) is 24.1 Å². The van der Waals surface area contributed by atoms with E-state index in [1.165, 1.54) is 0 Å². The van der Waals surface area contributed by atoms with Gasteiger partial charge in [-0.15, -0.1) is 0 Å². The van der Waals surface area contributed by atoms with Crippen LogP contribution >= 0.6 is 23.2 Å². The van der Waals surface area contributed by atoms with Crippen LogP contribution in [0.5, 0.6) is 0 Å². The molecule has 0 bridgehead atoms. The molecule has 0 aromatic heterocycles. The van der Waals surface area contributed by atoms with Crippen LogP contribution in [0.3, 0.4) is 0 Å². The quantitative estimate of drug-likeness (QED) is 0.723. The van der Waals surface area contributed by atoms with Crippen molar-refractivity contribution < 1.29 is 4.84 Å². The maximum absolute atomic E-state index is 5.94. The number of rotatable bonds is 2. The van der Waals surface area contributed by atoms with E-state index in [1.807, 2.05) is 12.1 Å². The molecule has 0 saturated heterocycles. The number of hydrogen-bond acceptors (Lipinski definition) is 2. The predicted octanol–water partition coefficient (Wildman–Crippen LogP) is 3.87. The van der Waals surface area contributed by atoms with Gasteiger partial charge in [-0.1, -0.05) is 28.4 Å². The summed E-state index contributed by atoms with van der Waals surface area (Å²) in [5, 5.41) is 5.31. The summed E-state index contributed by atoms with van der Waals surface area (Å²) in [4.78, 5) is 4.78. The molecule has 2 rings (SSSR count). The number of hydrogen-bond donors (Lipinski definition) is 0. The summed E-state index contributed by atoms with van der Waals surface area (Å²) >= 11 is 11.9. The van der Waals surface area contributed by atoms with Gasteiger partial charge >= 0.3 is 0 Å². The summed E-state index contributed by atoms with van der Waals surface area (Å²) < 4.78 is 0. The minimum Gasteiger partial charge on any atom is -0.399 e. The van der Waals surface area contributed by atoms with E-state index in [4.69, 9.17) is 28.0 Å². The van der Waals surface area contributed by atoms with Crippen LogP contribution in [0.4, 0.5) is 0 Å². The van der Waals surface area contributed by atoms with Gasteiger partial charge < -0.3 is 4.84 Å². The molecule has 1 unspecified atom stereocenters. The minimum absolute atomic E-state index is 0.321. The lowest BCUT2D eigenvalue weighted by atomic mass is 9.78. The van der Waals surface area contributed by atoms with Crippen molar-refractivity contribution in [2.24, 2.45) is 5.16 Å². The number of halogens is 2. The van der Waals surface area contributed by atoms with E-state index in [-0.39, 0.29) is 0 Å². The molecular weight excluding hydrogens is 233 g/mol. The van der Waals surface area contributed by atoms with Gasteiger partial charge in [-0.3, -0.25) is 0 Å². The third-order valence-electron chi connectivity index (χ3n) is 2.59. The van der Waals surface area contributed by atoms with Gasteiger partial charge in [-0.25, -0.2) is 0 Å². The van der Waals surface area contributed by atoms with Crippen molar-refractivity contribution in [3.05, 3.63) is 33.8 Å². The molecule has 1 fully saturated rings. The first-order valence-corrected chi connectivity index (χ1v) is 5.52. The van der Waals surface area contributed by atoms with Gasteiger partial charge in [0.2, 0.25) is 0 Å². The van der Waals surface area contributed by atoms with Crippen molar-refractivity contribution in [2.75, 3.05) is 7.11 Å². The molecule has 2 nitrogen and oxygen atoms in total. The van der Waals surface area contributed by atoms with Crippen LogP contribution in [0.25, 0.3) is 0 Å². The molecule has 1 aromatic rings. The fourth-order valence-corrected chi connectivity index (χ4v) is 2.32. The average Bonchev–Trinajstić information content (AvgIpc) is 2.10. The molecule has 1 aromatic carbocycles. The summed E-state index contributed by atoms with van der Waals surface area (Å²) in [6.07, 6.45) is 2.07. The standard InChI is InChI=1S/C11H11Cl2NO/c1-15-14-11-3-2-10(11)7-4-8(12)6-9(13)5-7/h4-6,10H,2-3H2,1H3. The van der Waals surface area contributed by atoms with Crippen molar-refractivity contribution in [3.63, 3.8) is 0 Å². The number of nitrogens with zero attached hydrogens (tertiary/aromatic N) is 1. The topological polar surface area (TPSA) is 21.6 Å². The SMILES string of the molecule is CON=C1CCC1c1cc(Cl)cc(Cl)c1. The van der Waals surface area contributed by atoms with Gasteiger partial charge in [0.1, 0.15) is 7.11 Å². The zero-order valence-corrected chi connectivity index (χ0v) is 9.85. The number of oxime groups is 1. The zero-order valence-electron chi connectivity index (χ0n) is 8.34. The minimum atomic E-state index is 0.321. The molecule has 0 radical (unpaired) electrons. The van der Waals surface area contributed by atoms with Crippen LogP contribution in [-0.4, -0.2) is 12.8 Å². The van der Waals surface area contributed by atoms with E-state index in [9.17, 15) is 0 Å². The largest absolute Gasteiger partial charge is 0.399 e. The molecular formula is C11H11Cl2NO. The molecule has 0 N–H and O–H groups in total. The third kappa shape index (κ3) is 2.27. The Morgan fingerprint density at radius 2 is 1.93 bits per heavy atom. The lowest BCUT2D eigenvalue weighted by Crippen LogP contribution is -2.24. The Kier molecular flexibility index (Phi) is 3.17. The smallest absolute Gasteiger partial charge is 0.106 e. The molecule has 0 amide bonds. The maximum Gasteiger partial charge on any atom is 0.106 e. The first-order valence-electron chi connectivity index (χ1n) is 4.76. The molecule has 0 heterocycles. The Bertz CT molecular complexity index is 383. The van der Waals surface area contributed by atoms with E-state index >= 15 is 0 Å². The molecule has 15 heavy (non-hydrogen) atoms. The molecule has 0 aliphatic heterocycles. The Morgan fingerprint density at radius 1 is 1.27 bits per heavy atom. The van der Waals surface area contributed by atoms with Gasteiger partial charge in [-0.2, -0.15) is 0 Å². The molecule has 1 saturated carbocycles. The Labute approximate surface area is 98.8 Å². The van der Waals surface area contributed by atoms with Crippen molar-refractivity contribution in [1.29, 1.82) is 0 Å². The highest BCUT2D eigenvalue weighted by molar-refractivity contribution is 6.34. The van der Waals surface area contributed by atoms with Gasteiger partial charge in [0.05, 0.1) is 5.71 Å². The molecule has 1 atom stereocenters. The first-order chi connectivity index (χ1) is 7.20. The second kappa shape index (κ2) is 4.42. The van der Waals surface area contributed by atoms with E-state index in [1.54, 1.807) is 13.2 Å². The van der Waals surface area contributed by atoms with Crippen molar-refractivity contribution in [2.45, 2.75) is 18.8 Å².